The third-order valence-corrected chi connectivity index (χ3v) is 5.69. The molecule has 1 saturated heterocycles. The Kier molecular flexibility index (Phi) is 2.92. The van der Waals surface area contributed by atoms with Crippen LogP contribution in [0, 0.1) is 23.7 Å². The van der Waals surface area contributed by atoms with E-state index < -0.39 is 41.3 Å². The first-order valence-electron chi connectivity index (χ1n) is 7.11. The van der Waals surface area contributed by atoms with Crippen LogP contribution in [0.25, 0.3) is 0 Å². The van der Waals surface area contributed by atoms with E-state index in [9.17, 15) is 19.8 Å². The summed E-state index contributed by atoms with van der Waals surface area (Å²) in [6.45, 7) is 0. The molecule has 1 aromatic rings. The van der Waals surface area contributed by atoms with Gasteiger partial charge in [0.05, 0.1) is 17.5 Å². The fraction of sp³-hybridized carbons (Fsp3) is 0.467. The van der Waals surface area contributed by atoms with Crippen molar-refractivity contribution < 1.29 is 19.8 Å². The van der Waals surface area contributed by atoms with Crippen LogP contribution in [0.2, 0.25) is 10.0 Å². The van der Waals surface area contributed by atoms with Crippen molar-refractivity contribution in [1.29, 1.82) is 0 Å². The van der Waals surface area contributed by atoms with E-state index >= 15 is 0 Å². The minimum absolute atomic E-state index is 0.335. The van der Waals surface area contributed by atoms with E-state index in [1.165, 1.54) is 18.2 Å². The molecule has 3 fully saturated rings. The van der Waals surface area contributed by atoms with Gasteiger partial charge in [0.1, 0.15) is 0 Å². The third kappa shape index (κ3) is 1.68. The van der Waals surface area contributed by atoms with Gasteiger partial charge in [-0.2, -0.15) is 0 Å². The van der Waals surface area contributed by atoms with E-state index in [0.29, 0.717) is 28.6 Å². The van der Waals surface area contributed by atoms with Crippen LogP contribution in [0.15, 0.2) is 18.2 Å². The Morgan fingerprint density at radius 1 is 0.955 bits per heavy atom. The number of nitrogens with zero attached hydrogens (tertiary/aromatic N) is 1. The Labute approximate surface area is 136 Å². The number of imide groups is 1. The van der Waals surface area contributed by atoms with Gasteiger partial charge in [0.25, 0.3) is 0 Å². The molecule has 1 aliphatic heterocycles. The number of anilines is 1. The SMILES string of the molecule is O=C1[C@@H]2C3CCC([C@@H]2C(=O)N1c1cc(Cl)cc(Cl)c1)C3(O)O. The Hall–Kier alpha value is -1.14. The minimum Gasteiger partial charge on any atom is -0.365 e. The fourth-order valence-corrected chi connectivity index (χ4v) is 4.94. The van der Waals surface area contributed by atoms with Crippen LogP contribution in [0.3, 0.4) is 0 Å². The lowest BCUT2D eigenvalue weighted by Crippen LogP contribution is -2.42. The molecule has 116 valence electrons. The molecule has 4 rings (SSSR count). The van der Waals surface area contributed by atoms with Crippen LogP contribution in [0.1, 0.15) is 12.8 Å². The van der Waals surface area contributed by atoms with Crippen LogP contribution in [0.4, 0.5) is 5.69 Å². The molecule has 2 N–H and O–H groups in total. The maximum Gasteiger partial charge on any atom is 0.238 e. The number of aliphatic hydroxyl groups is 2. The lowest BCUT2D eigenvalue weighted by molar-refractivity contribution is -0.199. The van der Waals surface area contributed by atoms with E-state index in [1.54, 1.807) is 0 Å². The molecule has 2 bridgehead atoms. The fourth-order valence-electron chi connectivity index (χ4n) is 4.43. The lowest BCUT2D eigenvalue weighted by atomic mass is 9.81. The largest absolute Gasteiger partial charge is 0.365 e. The molecule has 3 aliphatic rings. The van der Waals surface area contributed by atoms with E-state index in [0.717, 1.165) is 4.90 Å². The molecule has 4 atom stereocenters. The first-order chi connectivity index (χ1) is 10.3. The van der Waals surface area contributed by atoms with Crippen molar-refractivity contribution in [3.05, 3.63) is 28.2 Å². The molecule has 2 unspecified atom stereocenters. The zero-order valence-corrected chi connectivity index (χ0v) is 12.9. The normalized spacial score (nSPS) is 35.4. The van der Waals surface area contributed by atoms with Gasteiger partial charge in [-0.15, -0.1) is 0 Å². The maximum atomic E-state index is 12.7. The van der Waals surface area contributed by atoms with E-state index in [1.807, 2.05) is 0 Å². The van der Waals surface area contributed by atoms with Crippen LogP contribution in [-0.4, -0.2) is 27.8 Å². The Bertz CT molecular complexity index is 653. The van der Waals surface area contributed by atoms with Gasteiger partial charge in [-0.05, 0) is 31.0 Å². The summed E-state index contributed by atoms with van der Waals surface area (Å²) in [7, 11) is 0. The molecular formula is C15H13Cl2NO4. The zero-order chi connectivity index (χ0) is 15.8. The topological polar surface area (TPSA) is 77.8 Å². The number of fused-ring (bicyclic) bond motifs is 5. The molecule has 0 spiro atoms. The Morgan fingerprint density at radius 3 is 1.86 bits per heavy atom. The second kappa shape index (κ2) is 4.45. The van der Waals surface area contributed by atoms with Crippen molar-refractivity contribution >= 4 is 40.7 Å². The van der Waals surface area contributed by atoms with Crippen LogP contribution in [0.5, 0.6) is 0 Å². The summed E-state index contributed by atoms with van der Waals surface area (Å²) < 4.78 is 0. The zero-order valence-electron chi connectivity index (χ0n) is 11.4. The summed E-state index contributed by atoms with van der Waals surface area (Å²) in [5, 5.41) is 21.0. The number of hydrogen-bond donors (Lipinski definition) is 2. The van der Waals surface area contributed by atoms with Gasteiger partial charge in [-0.1, -0.05) is 23.2 Å². The predicted octanol–water partition coefficient (Wildman–Crippen LogP) is 1.82. The summed E-state index contributed by atoms with van der Waals surface area (Å²) in [6.07, 6.45) is 1.09. The maximum absolute atomic E-state index is 12.7. The number of rotatable bonds is 1. The molecule has 2 saturated carbocycles. The number of hydrogen-bond acceptors (Lipinski definition) is 4. The van der Waals surface area contributed by atoms with E-state index in [-0.39, 0.29) is 0 Å². The summed E-state index contributed by atoms with van der Waals surface area (Å²) >= 11 is 11.9. The van der Waals surface area contributed by atoms with Gasteiger partial charge in [0.2, 0.25) is 11.8 Å². The molecule has 22 heavy (non-hydrogen) atoms. The van der Waals surface area contributed by atoms with Gasteiger partial charge < -0.3 is 10.2 Å². The molecule has 5 nitrogen and oxygen atoms in total. The highest BCUT2D eigenvalue weighted by atomic mass is 35.5. The average molecular weight is 342 g/mol. The number of carbonyl (C=O) groups is 2. The van der Waals surface area contributed by atoms with Gasteiger partial charge in [0, 0.05) is 21.9 Å². The molecule has 2 aliphatic carbocycles. The Balaban J connectivity index is 1.77. The summed E-state index contributed by atoms with van der Waals surface area (Å²) in [6, 6.07) is 4.54. The van der Waals surface area contributed by atoms with Gasteiger partial charge in [-0.25, -0.2) is 4.90 Å². The van der Waals surface area contributed by atoms with Gasteiger partial charge in [-0.3, -0.25) is 9.59 Å². The highest BCUT2D eigenvalue weighted by Crippen LogP contribution is 2.60. The predicted molar refractivity (Wildman–Crippen MR) is 79.3 cm³/mol. The summed E-state index contributed by atoms with van der Waals surface area (Å²) in [4.78, 5) is 26.5. The molecule has 0 radical (unpaired) electrons. The molecule has 2 amide bonds. The third-order valence-electron chi connectivity index (χ3n) is 5.25. The Morgan fingerprint density at radius 2 is 1.41 bits per heavy atom. The van der Waals surface area contributed by atoms with E-state index in [4.69, 9.17) is 23.2 Å². The smallest absolute Gasteiger partial charge is 0.238 e. The molecule has 0 aromatic heterocycles. The van der Waals surface area contributed by atoms with Crippen molar-refractivity contribution in [1.82, 2.24) is 0 Å². The number of carbonyl (C=O) groups excluding carboxylic acids is 2. The molecule has 7 heteroatoms. The molecule has 1 aromatic carbocycles. The van der Waals surface area contributed by atoms with Crippen molar-refractivity contribution in [2.75, 3.05) is 4.90 Å². The first kappa shape index (κ1) is 14.5. The van der Waals surface area contributed by atoms with Crippen molar-refractivity contribution in [3.63, 3.8) is 0 Å². The second-order valence-electron chi connectivity index (χ2n) is 6.26. The van der Waals surface area contributed by atoms with Crippen LogP contribution in [-0.2, 0) is 9.59 Å². The van der Waals surface area contributed by atoms with Crippen molar-refractivity contribution in [2.45, 2.75) is 18.6 Å². The first-order valence-corrected chi connectivity index (χ1v) is 7.86. The molecule has 1 heterocycles. The van der Waals surface area contributed by atoms with Crippen molar-refractivity contribution in [2.24, 2.45) is 23.7 Å². The van der Waals surface area contributed by atoms with Crippen LogP contribution < -0.4 is 4.90 Å². The average Bonchev–Trinajstić information content (AvgIpc) is 2.94. The van der Waals surface area contributed by atoms with Gasteiger partial charge in [0.15, 0.2) is 5.79 Å². The number of benzene rings is 1. The number of amides is 2. The summed E-state index contributed by atoms with van der Waals surface area (Å²) in [5.41, 5.74) is 0.336. The quantitative estimate of drug-likeness (QED) is 0.603. The molecular weight excluding hydrogens is 329 g/mol. The highest BCUT2D eigenvalue weighted by molar-refractivity contribution is 6.35. The highest BCUT2D eigenvalue weighted by Gasteiger charge is 2.71. The summed E-state index contributed by atoms with van der Waals surface area (Å²) in [5.74, 6) is -5.21. The van der Waals surface area contributed by atoms with Crippen molar-refractivity contribution in [3.8, 4) is 0 Å². The minimum atomic E-state index is -1.92. The van der Waals surface area contributed by atoms with Gasteiger partial charge >= 0.3 is 0 Å². The van der Waals surface area contributed by atoms with Crippen LogP contribution >= 0.6 is 23.2 Å². The number of halogens is 2. The monoisotopic (exact) mass is 341 g/mol. The second-order valence-corrected chi connectivity index (χ2v) is 7.14. The lowest BCUT2D eigenvalue weighted by Gasteiger charge is -2.25. The van der Waals surface area contributed by atoms with E-state index in [2.05, 4.69) is 0 Å². The standard InChI is InChI=1S/C15H13Cl2NO4/c16-6-3-7(17)5-8(4-6)18-13(19)11-9-1-2-10(15(9,21)22)12(11)14(18)20/h3-5,9-12,21-22H,1-2H2/t9?,10?,11-,12+.